The van der Waals surface area contributed by atoms with Crippen molar-refractivity contribution in [3.05, 3.63) is 41.7 Å². The lowest BCUT2D eigenvalue weighted by Crippen LogP contribution is -2.36. The molecule has 2 aromatic rings. The third-order valence-electron chi connectivity index (χ3n) is 3.82. The SMILES string of the molecule is O=C(O)Cn1cc(CNC(=O)c2ccc(N3CCOCC3)cc2)nn1. The summed E-state index contributed by atoms with van der Waals surface area (Å²) in [5.74, 6) is -1.22. The Morgan fingerprint density at radius 3 is 2.60 bits per heavy atom. The van der Waals surface area contributed by atoms with Gasteiger partial charge in [-0.15, -0.1) is 5.10 Å². The molecule has 0 saturated carbocycles. The molecule has 132 valence electrons. The zero-order valence-corrected chi connectivity index (χ0v) is 13.6. The van der Waals surface area contributed by atoms with Crippen molar-refractivity contribution in [1.82, 2.24) is 20.3 Å². The summed E-state index contributed by atoms with van der Waals surface area (Å²) in [5, 5.41) is 19.0. The number of amides is 1. The quantitative estimate of drug-likeness (QED) is 0.766. The Morgan fingerprint density at radius 1 is 1.20 bits per heavy atom. The summed E-state index contributed by atoms with van der Waals surface area (Å²) < 4.78 is 6.54. The number of nitrogens with one attached hydrogen (secondary N) is 1. The largest absolute Gasteiger partial charge is 0.480 e. The molecular formula is C16H19N5O4. The Hall–Kier alpha value is -2.94. The summed E-state index contributed by atoms with van der Waals surface area (Å²) in [7, 11) is 0. The van der Waals surface area contributed by atoms with E-state index < -0.39 is 5.97 Å². The topological polar surface area (TPSA) is 110 Å². The highest BCUT2D eigenvalue weighted by atomic mass is 16.5. The van der Waals surface area contributed by atoms with Gasteiger partial charge >= 0.3 is 5.97 Å². The van der Waals surface area contributed by atoms with Gasteiger partial charge in [0.25, 0.3) is 5.91 Å². The number of benzene rings is 1. The van der Waals surface area contributed by atoms with Gasteiger partial charge in [-0.25, -0.2) is 4.68 Å². The number of hydrogen-bond donors (Lipinski definition) is 2. The van der Waals surface area contributed by atoms with Gasteiger partial charge in [0.2, 0.25) is 0 Å². The van der Waals surface area contributed by atoms with Gasteiger partial charge in [0, 0.05) is 24.3 Å². The lowest BCUT2D eigenvalue weighted by Gasteiger charge is -2.28. The monoisotopic (exact) mass is 345 g/mol. The molecule has 1 aromatic carbocycles. The number of carboxylic acids is 1. The van der Waals surface area contributed by atoms with Crippen molar-refractivity contribution in [2.24, 2.45) is 0 Å². The van der Waals surface area contributed by atoms with Crippen molar-refractivity contribution < 1.29 is 19.4 Å². The number of morpholine rings is 1. The minimum Gasteiger partial charge on any atom is -0.480 e. The summed E-state index contributed by atoms with van der Waals surface area (Å²) in [6.07, 6.45) is 1.50. The molecule has 2 N–H and O–H groups in total. The van der Waals surface area contributed by atoms with Crippen molar-refractivity contribution in [2.75, 3.05) is 31.2 Å². The molecule has 1 saturated heterocycles. The van der Waals surface area contributed by atoms with Crippen LogP contribution in [0.4, 0.5) is 5.69 Å². The third kappa shape index (κ3) is 4.54. The fourth-order valence-electron chi connectivity index (χ4n) is 2.55. The molecular weight excluding hydrogens is 326 g/mol. The van der Waals surface area contributed by atoms with Crippen LogP contribution in [0.5, 0.6) is 0 Å². The van der Waals surface area contributed by atoms with Crippen molar-refractivity contribution in [1.29, 1.82) is 0 Å². The molecule has 1 fully saturated rings. The van der Waals surface area contributed by atoms with Crippen LogP contribution in [0.15, 0.2) is 30.5 Å². The van der Waals surface area contributed by atoms with E-state index in [9.17, 15) is 9.59 Å². The lowest BCUT2D eigenvalue weighted by molar-refractivity contribution is -0.137. The second kappa shape index (κ2) is 7.75. The minimum atomic E-state index is -0.999. The molecule has 25 heavy (non-hydrogen) atoms. The maximum atomic E-state index is 12.2. The van der Waals surface area contributed by atoms with Gasteiger partial charge < -0.3 is 20.1 Å². The van der Waals surface area contributed by atoms with Crippen LogP contribution < -0.4 is 10.2 Å². The Balaban J connectivity index is 1.54. The molecule has 1 aliphatic heterocycles. The second-order valence-corrected chi connectivity index (χ2v) is 5.63. The van der Waals surface area contributed by atoms with Crippen LogP contribution in [0.2, 0.25) is 0 Å². The molecule has 0 spiro atoms. The molecule has 3 rings (SSSR count). The van der Waals surface area contributed by atoms with Crippen molar-refractivity contribution in [3.8, 4) is 0 Å². The maximum Gasteiger partial charge on any atom is 0.325 e. The maximum absolute atomic E-state index is 12.2. The minimum absolute atomic E-state index is 0.184. The molecule has 0 bridgehead atoms. The molecule has 0 atom stereocenters. The van der Waals surface area contributed by atoms with E-state index in [0.29, 0.717) is 24.5 Å². The van der Waals surface area contributed by atoms with Crippen molar-refractivity contribution >= 4 is 17.6 Å². The first-order chi connectivity index (χ1) is 12.1. The standard InChI is InChI=1S/C16H19N5O4/c22-15(23)11-21-10-13(18-19-21)9-17-16(24)12-1-3-14(4-2-12)20-5-7-25-8-6-20/h1-4,10H,5-9,11H2,(H,17,24)(H,22,23). The molecule has 0 aliphatic carbocycles. The Morgan fingerprint density at radius 2 is 1.92 bits per heavy atom. The number of hydrogen-bond acceptors (Lipinski definition) is 6. The molecule has 1 aliphatic rings. The molecule has 1 amide bonds. The number of nitrogens with zero attached hydrogens (tertiary/aromatic N) is 4. The number of anilines is 1. The molecule has 0 unspecified atom stereocenters. The number of aromatic nitrogens is 3. The van der Waals surface area contributed by atoms with E-state index in [-0.39, 0.29) is 19.0 Å². The Labute approximate surface area is 144 Å². The number of ether oxygens (including phenoxy) is 1. The molecule has 9 nitrogen and oxygen atoms in total. The van der Waals surface area contributed by atoms with Crippen LogP contribution in [0.1, 0.15) is 16.1 Å². The van der Waals surface area contributed by atoms with Crippen LogP contribution in [-0.2, 0) is 22.6 Å². The number of rotatable bonds is 6. The van der Waals surface area contributed by atoms with Crippen LogP contribution in [0, 0.1) is 0 Å². The average Bonchev–Trinajstić information content (AvgIpc) is 3.07. The predicted octanol–water partition coefficient (Wildman–Crippen LogP) is 0.129. The number of carboxylic acid groups (broad SMARTS) is 1. The van der Waals surface area contributed by atoms with Gasteiger partial charge in [0.05, 0.1) is 26.0 Å². The first-order valence-electron chi connectivity index (χ1n) is 7.93. The Kier molecular flexibility index (Phi) is 5.24. The zero-order chi connectivity index (χ0) is 17.6. The van der Waals surface area contributed by atoms with E-state index in [2.05, 4.69) is 20.5 Å². The summed E-state index contributed by atoms with van der Waals surface area (Å²) in [5.41, 5.74) is 2.12. The van der Waals surface area contributed by atoms with Crippen LogP contribution >= 0.6 is 0 Å². The van der Waals surface area contributed by atoms with E-state index in [1.54, 1.807) is 12.1 Å². The smallest absolute Gasteiger partial charge is 0.325 e. The van der Waals surface area contributed by atoms with E-state index in [4.69, 9.17) is 9.84 Å². The normalized spacial score (nSPS) is 14.3. The molecule has 0 radical (unpaired) electrons. The van der Waals surface area contributed by atoms with Gasteiger partial charge in [-0.1, -0.05) is 5.21 Å². The predicted molar refractivity (Wildman–Crippen MR) is 88.3 cm³/mol. The van der Waals surface area contributed by atoms with E-state index >= 15 is 0 Å². The van der Waals surface area contributed by atoms with Crippen LogP contribution in [-0.4, -0.2) is 58.3 Å². The molecule has 9 heteroatoms. The first kappa shape index (κ1) is 16.9. The van der Waals surface area contributed by atoms with E-state index in [1.807, 2.05) is 12.1 Å². The van der Waals surface area contributed by atoms with Crippen LogP contribution in [0.3, 0.4) is 0 Å². The summed E-state index contributed by atoms with van der Waals surface area (Å²) >= 11 is 0. The van der Waals surface area contributed by atoms with E-state index in [0.717, 1.165) is 18.8 Å². The van der Waals surface area contributed by atoms with Gasteiger partial charge in [-0.2, -0.15) is 0 Å². The van der Waals surface area contributed by atoms with Gasteiger partial charge in [-0.05, 0) is 24.3 Å². The fraction of sp³-hybridized carbons (Fsp3) is 0.375. The van der Waals surface area contributed by atoms with Gasteiger partial charge in [0.15, 0.2) is 0 Å². The molecule has 2 heterocycles. The Bertz CT molecular complexity index is 737. The summed E-state index contributed by atoms with van der Waals surface area (Å²) in [6.45, 7) is 3.04. The first-order valence-corrected chi connectivity index (χ1v) is 7.93. The summed E-state index contributed by atoms with van der Waals surface area (Å²) in [6, 6.07) is 7.40. The summed E-state index contributed by atoms with van der Waals surface area (Å²) in [4.78, 5) is 25.0. The zero-order valence-electron chi connectivity index (χ0n) is 13.6. The number of aliphatic carboxylic acids is 1. The average molecular weight is 345 g/mol. The fourth-order valence-corrected chi connectivity index (χ4v) is 2.55. The van der Waals surface area contributed by atoms with Crippen LogP contribution in [0.25, 0.3) is 0 Å². The highest BCUT2D eigenvalue weighted by Crippen LogP contribution is 2.16. The van der Waals surface area contributed by atoms with Gasteiger partial charge in [-0.3, -0.25) is 9.59 Å². The highest BCUT2D eigenvalue weighted by Gasteiger charge is 2.12. The number of carbonyl (C=O) groups excluding carboxylic acids is 1. The van der Waals surface area contributed by atoms with Crippen molar-refractivity contribution in [2.45, 2.75) is 13.1 Å². The lowest BCUT2D eigenvalue weighted by atomic mass is 10.1. The van der Waals surface area contributed by atoms with Gasteiger partial charge in [0.1, 0.15) is 12.2 Å². The second-order valence-electron chi connectivity index (χ2n) is 5.63. The third-order valence-corrected chi connectivity index (χ3v) is 3.82. The van der Waals surface area contributed by atoms with Crippen molar-refractivity contribution in [3.63, 3.8) is 0 Å². The highest BCUT2D eigenvalue weighted by molar-refractivity contribution is 5.94. The van der Waals surface area contributed by atoms with E-state index in [1.165, 1.54) is 10.9 Å². The number of carbonyl (C=O) groups is 2. The molecule has 1 aromatic heterocycles.